The molecule has 2 aromatic rings. The van der Waals surface area contributed by atoms with Gasteiger partial charge in [-0.05, 0) is 30.2 Å². The molecule has 3 N–H and O–H groups in total. The Hall–Kier alpha value is -2.14. The summed E-state index contributed by atoms with van der Waals surface area (Å²) in [6.07, 6.45) is 0. The highest BCUT2D eigenvalue weighted by molar-refractivity contribution is 6.02. The molecule has 0 amide bonds. The number of aliphatic hydroxyl groups excluding tert-OH is 1. The minimum atomic E-state index is -0.964. The first-order valence-electron chi connectivity index (χ1n) is 6.53. The largest absolute Gasteiger partial charge is 0.478 e. The third-order valence-electron chi connectivity index (χ3n) is 3.30. The van der Waals surface area contributed by atoms with Gasteiger partial charge in [0.15, 0.2) is 0 Å². The maximum atomic E-state index is 11.1. The van der Waals surface area contributed by atoms with Crippen LogP contribution in [-0.4, -0.2) is 33.8 Å². The lowest BCUT2D eigenvalue weighted by Crippen LogP contribution is -2.29. The summed E-state index contributed by atoms with van der Waals surface area (Å²) in [7, 11) is 0. The third kappa shape index (κ3) is 2.88. The Balaban J connectivity index is 2.37. The lowest BCUT2D eigenvalue weighted by Gasteiger charge is -2.20. The van der Waals surface area contributed by atoms with E-state index in [0.717, 1.165) is 0 Å². The number of pyridine rings is 1. The smallest absolute Gasteiger partial charge is 0.336 e. The summed E-state index contributed by atoms with van der Waals surface area (Å²) in [6.45, 7) is 4.04. The number of hydrogen-bond acceptors (Lipinski definition) is 4. The van der Waals surface area contributed by atoms with Gasteiger partial charge in [-0.15, -0.1) is 0 Å². The Labute approximate surface area is 117 Å². The maximum absolute atomic E-state index is 11.1. The summed E-state index contributed by atoms with van der Waals surface area (Å²) < 4.78 is 0. The summed E-state index contributed by atoms with van der Waals surface area (Å²) in [4.78, 5) is 15.5. The number of carboxylic acids is 1. The molecule has 2 rings (SSSR count). The molecule has 0 aliphatic heterocycles. The molecule has 0 aliphatic carbocycles. The molecule has 106 valence electrons. The van der Waals surface area contributed by atoms with E-state index in [0.29, 0.717) is 16.7 Å². The standard InChI is InChI=1S/C15H18N2O3/c1-9(2)13(8-18)17-14-7-6-10-11(15(19)20)4-3-5-12(10)16-14/h3-7,9,13,18H,8H2,1-2H3,(H,16,17)(H,19,20)/t13-/m1/s1. The SMILES string of the molecule is CC(C)[C@@H](CO)Nc1ccc2c(C(=O)O)cccc2n1. The second-order valence-electron chi connectivity index (χ2n) is 5.05. The van der Waals surface area contributed by atoms with E-state index in [2.05, 4.69) is 10.3 Å². The Kier molecular flexibility index (Phi) is 4.20. The highest BCUT2D eigenvalue weighted by Crippen LogP contribution is 2.20. The van der Waals surface area contributed by atoms with Crippen LogP contribution in [0.4, 0.5) is 5.82 Å². The van der Waals surface area contributed by atoms with Crippen LogP contribution in [0.1, 0.15) is 24.2 Å². The summed E-state index contributed by atoms with van der Waals surface area (Å²) in [5.74, 6) is -0.0656. The average molecular weight is 274 g/mol. The van der Waals surface area contributed by atoms with Gasteiger partial charge in [-0.25, -0.2) is 9.78 Å². The number of aliphatic hydroxyl groups is 1. The van der Waals surface area contributed by atoms with Crippen LogP contribution in [0.25, 0.3) is 10.9 Å². The van der Waals surface area contributed by atoms with Crippen LogP contribution in [0, 0.1) is 5.92 Å². The van der Waals surface area contributed by atoms with E-state index in [-0.39, 0.29) is 24.1 Å². The van der Waals surface area contributed by atoms with E-state index >= 15 is 0 Å². The fourth-order valence-electron chi connectivity index (χ4n) is 2.03. The van der Waals surface area contributed by atoms with Crippen LogP contribution in [-0.2, 0) is 0 Å². The molecular weight excluding hydrogens is 256 g/mol. The van der Waals surface area contributed by atoms with Crippen LogP contribution < -0.4 is 5.32 Å². The van der Waals surface area contributed by atoms with Crippen molar-refractivity contribution >= 4 is 22.7 Å². The average Bonchev–Trinajstić information content (AvgIpc) is 2.43. The van der Waals surface area contributed by atoms with Crippen molar-refractivity contribution in [3.63, 3.8) is 0 Å². The molecule has 5 heteroatoms. The molecule has 20 heavy (non-hydrogen) atoms. The number of carboxylic acid groups (broad SMARTS) is 1. The number of aromatic carboxylic acids is 1. The first kappa shape index (κ1) is 14.3. The van der Waals surface area contributed by atoms with E-state index in [1.165, 1.54) is 0 Å². The molecule has 1 aromatic carbocycles. The monoisotopic (exact) mass is 274 g/mol. The molecule has 1 heterocycles. The van der Waals surface area contributed by atoms with E-state index < -0.39 is 5.97 Å². The predicted molar refractivity (Wildman–Crippen MR) is 78.0 cm³/mol. The van der Waals surface area contributed by atoms with Gasteiger partial charge in [-0.2, -0.15) is 0 Å². The Bertz CT molecular complexity index is 626. The highest BCUT2D eigenvalue weighted by atomic mass is 16.4. The van der Waals surface area contributed by atoms with Gasteiger partial charge in [0.05, 0.1) is 23.7 Å². The van der Waals surface area contributed by atoms with Crippen LogP contribution in [0.3, 0.4) is 0 Å². The van der Waals surface area contributed by atoms with Gasteiger partial charge in [0.1, 0.15) is 5.82 Å². The van der Waals surface area contributed by atoms with Gasteiger partial charge in [-0.3, -0.25) is 0 Å². The zero-order valence-electron chi connectivity index (χ0n) is 11.5. The predicted octanol–water partition coefficient (Wildman–Crippen LogP) is 2.36. The maximum Gasteiger partial charge on any atom is 0.336 e. The fourth-order valence-corrected chi connectivity index (χ4v) is 2.03. The van der Waals surface area contributed by atoms with Crippen LogP contribution in [0.15, 0.2) is 30.3 Å². The summed E-state index contributed by atoms with van der Waals surface area (Å²) in [5, 5.41) is 22.2. The number of benzene rings is 1. The molecule has 0 saturated carbocycles. The molecule has 0 bridgehead atoms. The minimum absolute atomic E-state index is 0.0204. The first-order valence-corrected chi connectivity index (χ1v) is 6.53. The van der Waals surface area contributed by atoms with E-state index in [1.807, 2.05) is 13.8 Å². The van der Waals surface area contributed by atoms with Gasteiger partial charge in [0, 0.05) is 5.39 Å². The van der Waals surface area contributed by atoms with Gasteiger partial charge in [-0.1, -0.05) is 19.9 Å². The molecule has 1 aromatic heterocycles. The van der Waals surface area contributed by atoms with Crippen molar-refractivity contribution in [2.24, 2.45) is 5.92 Å². The quantitative estimate of drug-likeness (QED) is 0.779. The summed E-state index contributed by atoms with van der Waals surface area (Å²) in [6, 6.07) is 8.40. The second-order valence-corrected chi connectivity index (χ2v) is 5.05. The molecule has 0 aliphatic rings. The van der Waals surface area contributed by atoms with Crippen LogP contribution >= 0.6 is 0 Å². The van der Waals surface area contributed by atoms with Crippen molar-refractivity contribution < 1.29 is 15.0 Å². The van der Waals surface area contributed by atoms with Crippen molar-refractivity contribution in [2.45, 2.75) is 19.9 Å². The number of nitrogens with one attached hydrogen (secondary N) is 1. The molecule has 0 saturated heterocycles. The van der Waals surface area contributed by atoms with Gasteiger partial charge < -0.3 is 15.5 Å². The number of aromatic nitrogens is 1. The van der Waals surface area contributed by atoms with Gasteiger partial charge in [0.25, 0.3) is 0 Å². The van der Waals surface area contributed by atoms with E-state index in [9.17, 15) is 9.90 Å². The van der Waals surface area contributed by atoms with Crippen molar-refractivity contribution in [3.05, 3.63) is 35.9 Å². The van der Waals surface area contributed by atoms with Crippen molar-refractivity contribution in [1.29, 1.82) is 0 Å². The van der Waals surface area contributed by atoms with Crippen molar-refractivity contribution in [3.8, 4) is 0 Å². The van der Waals surface area contributed by atoms with Crippen LogP contribution in [0.2, 0.25) is 0 Å². The van der Waals surface area contributed by atoms with E-state index in [1.54, 1.807) is 30.3 Å². The first-order chi connectivity index (χ1) is 9.52. The van der Waals surface area contributed by atoms with E-state index in [4.69, 9.17) is 5.11 Å². The van der Waals surface area contributed by atoms with Gasteiger partial charge >= 0.3 is 5.97 Å². The Morgan fingerprint density at radius 1 is 1.30 bits per heavy atom. The highest BCUT2D eigenvalue weighted by Gasteiger charge is 2.13. The molecule has 0 fully saturated rings. The summed E-state index contributed by atoms with van der Waals surface area (Å²) in [5.41, 5.74) is 0.861. The van der Waals surface area contributed by atoms with Crippen molar-refractivity contribution in [2.75, 3.05) is 11.9 Å². The Morgan fingerprint density at radius 3 is 2.65 bits per heavy atom. The second kappa shape index (κ2) is 5.88. The lowest BCUT2D eigenvalue weighted by atomic mass is 10.1. The number of rotatable bonds is 5. The Morgan fingerprint density at radius 2 is 2.05 bits per heavy atom. The number of hydrogen-bond donors (Lipinski definition) is 3. The molecular formula is C15H18N2O3. The normalized spacial score (nSPS) is 12.6. The number of fused-ring (bicyclic) bond motifs is 1. The minimum Gasteiger partial charge on any atom is -0.478 e. The third-order valence-corrected chi connectivity index (χ3v) is 3.30. The molecule has 5 nitrogen and oxygen atoms in total. The number of anilines is 1. The fraction of sp³-hybridized carbons (Fsp3) is 0.333. The molecule has 0 unspecified atom stereocenters. The zero-order valence-corrected chi connectivity index (χ0v) is 11.5. The zero-order chi connectivity index (χ0) is 14.7. The lowest BCUT2D eigenvalue weighted by molar-refractivity contribution is 0.0699. The molecule has 0 spiro atoms. The van der Waals surface area contributed by atoms with Gasteiger partial charge in [0.2, 0.25) is 0 Å². The number of nitrogens with zero attached hydrogens (tertiary/aromatic N) is 1. The van der Waals surface area contributed by atoms with Crippen LogP contribution in [0.5, 0.6) is 0 Å². The summed E-state index contributed by atoms with van der Waals surface area (Å²) >= 11 is 0. The molecule has 1 atom stereocenters. The number of carbonyl (C=O) groups is 1. The van der Waals surface area contributed by atoms with Crippen molar-refractivity contribution in [1.82, 2.24) is 4.98 Å². The molecule has 0 radical (unpaired) electrons. The topological polar surface area (TPSA) is 82.5 Å².